The maximum Gasteiger partial charge on any atom is 0.262 e. The quantitative estimate of drug-likeness (QED) is 0.864. The number of nitrogens with one attached hydrogen (secondary N) is 1. The first-order valence-electron chi connectivity index (χ1n) is 8.78. The summed E-state index contributed by atoms with van der Waals surface area (Å²) in [6, 6.07) is 8.72. The van der Waals surface area contributed by atoms with Gasteiger partial charge in [-0.25, -0.2) is 4.98 Å². The first-order valence-corrected chi connectivity index (χ1v) is 9.16. The van der Waals surface area contributed by atoms with Crippen LogP contribution in [0.3, 0.4) is 0 Å². The molecule has 3 rings (SSSR count). The number of hydrogen-bond donors (Lipinski definition) is 1. The van der Waals surface area contributed by atoms with Crippen LogP contribution in [0.2, 0.25) is 5.02 Å². The Bertz CT molecular complexity index is 784. The summed E-state index contributed by atoms with van der Waals surface area (Å²) in [5, 5.41) is 3.31. The van der Waals surface area contributed by atoms with Gasteiger partial charge in [-0.1, -0.05) is 24.6 Å². The number of halogens is 1. The van der Waals surface area contributed by atoms with Crippen LogP contribution in [0.5, 0.6) is 5.88 Å². The number of piperidine rings is 1. The summed E-state index contributed by atoms with van der Waals surface area (Å²) in [6.07, 6.45) is 2.37. The van der Waals surface area contributed by atoms with E-state index < -0.39 is 0 Å². The number of benzene rings is 1. The molecule has 1 unspecified atom stereocenters. The number of carbonyl (C=O) groups excluding carboxylic acids is 1. The topological polar surface area (TPSA) is 67.3 Å². The van der Waals surface area contributed by atoms with E-state index in [4.69, 9.17) is 16.3 Å². The molecule has 0 radical (unpaired) electrons. The molecule has 1 N–H and O–H groups in total. The van der Waals surface area contributed by atoms with Gasteiger partial charge in [-0.3, -0.25) is 4.79 Å². The number of hydrogen-bond acceptors (Lipinski definition) is 5. The van der Waals surface area contributed by atoms with Crippen molar-refractivity contribution in [2.45, 2.75) is 26.7 Å². The third-order valence-corrected chi connectivity index (χ3v) is 4.45. The highest BCUT2D eigenvalue weighted by Crippen LogP contribution is 2.22. The molecule has 1 saturated heterocycles. The highest BCUT2D eigenvalue weighted by atomic mass is 35.5. The summed E-state index contributed by atoms with van der Waals surface area (Å²) in [7, 11) is 0. The summed E-state index contributed by atoms with van der Waals surface area (Å²) in [5.74, 6) is 1.44. The lowest BCUT2D eigenvalue weighted by molar-refractivity contribution is -0.118. The molecule has 138 valence electrons. The number of rotatable bonds is 5. The van der Waals surface area contributed by atoms with Crippen LogP contribution in [0.25, 0.3) is 0 Å². The highest BCUT2D eigenvalue weighted by molar-refractivity contribution is 6.30. The van der Waals surface area contributed by atoms with Gasteiger partial charge in [0.2, 0.25) is 11.8 Å². The van der Waals surface area contributed by atoms with Gasteiger partial charge in [0.25, 0.3) is 5.91 Å². The van der Waals surface area contributed by atoms with Gasteiger partial charge < -0.3 is 15.0 Å². The summed E-state index contributed by atoms with van der Waals surface area (Å²) < 4.78 is 5.59. The largest absolute Gasteiger partial charge is 0.467 e. The van der Waals surface area contributed by atoms with Crippen molar-refractivity contribution in [3.05, 3.63) is 41.0 Å². The SMILES string of the molecule is Cc1cc(OCC(=O)Nc2cccc(Cl)c2)nc(N2CCCC(C)C2)n1. The van der Waals surface area contributed by atoms with E-state index in [2.05, 4.69) is 27.1 Å². The maximum absolute atomic E-state index is 12.1. The summed E-state index contributed by atoms with van der Waals surface area (Å²) in [6.45, 7) is 5.90. The molecule has 1 aliphatic heterocycles. The minimum atomic E-state index is -0.267. The first kappa shape index (κ1) is 18.5. The Morgan fingerprint density at radius 1 is 1.38 bits per heavy atom. The predicted octanol–water partition coefficient (Wildman–Crippen LogP) is 3.69. The molecule has 1 aromatic heterocycles. The zero-order valence-electron chi connectivity index (χ0n) is 15.0. The lowest BCUT2D eigenvalue weighted by Gasteiger charge is -2.31. The molecule has 26 heavy (non-hydrogen) atoms. The molecule has 0 aliphatic carbocycles. The van der Waals surface area contributed by atoms with Crippen molar-refractivity contribution < 1.29 is 9.53 Å². The average Bonchev–Trinajstić information content (AvgIpc) is 2.59. The molecule has 1 aromatic carbocycles. The van der Waals surface area contributed by atoms with Crippen LogP contribution < -0.4 is 15.0 Å². The number of amides is 1. The molecular weight excluding hydrogens is 352 g/mol. The van der Waals surface area contributed by atoms with Gasteiger partial charge in [0.15, 0.2) is 6.61 Å². The van der Waals surface area contributed by atoms with E-state index in [1.54, 1.807) is 30.3 Å². The smallest absolute Gasteiger partial charge is 0.262 e. The third-order valence-electron chi connectivity index (χ3n) is 4.22. The van der Waals surface area contributed by atoms with E-state index in [1.807, 2.05) is 6.92 Å². The summed E-state index contributed by atoms with van der Waals surface area (Å²) >= 11 is 5.92. The lowest BCUT2D eigenvalue weighted by atomic mass is 10.0. The lowest BCUT2D eigenvalue weighted by Crippen LogP contribution is -2.35. The van der Waals surface area contributed by atoms with E-state index in [9.17, 15) is 4.79 Å². The Labute approximate surface area is 158 Å². The zero-order valence-corrected chi connectivity index (χ0v) is 15.8. The predicted molar refractivity (Wildman–Crippen MR) is 103 cm³/mol. The van der Waals surface area contributed by atoms with Gasteiger partial charge >= 0.3 is 0 Å². The fourth-order valence-electron chi connectivity index (χ4n) is 3.01. The number of ether oxygens (including phenoxy) is 1. The van der Waals surface area contributed by atoms with Crippen molar-refractivity contribution in [3.63, 3.8) is 0 Å². The van der Waals surface area contributed by atoms with Crippen molar-refractivity contribution in [2.75, 3.05) is 29.9 Å². The Hall–Kier alpha value is -2.34. The van der Waals surface area contributed by atoms with Gasteiger partial charge in [-0.15, -0.1) is 0 Å². The fraction of sp³-hybridized carbons (Fsp3) is 0.421. The normalized spacial score (nSPS) is 17.0. The standard InChI is InChI=1S/C19H23ClN4O2/c1-13-5-4-8-24(11-13)19-21-14(2)9-18(23-19)26-12-17(25)22-16-7-3-6-15(20)10-16/h3,6-7,9-10,13H,4-5,8,11-12H2,1-2H3,(H,22,25). The molecule has 1 amide bonds. The molecule has 1 fully saturated rings. The van der Waals surface area contributed by atoms with Gasteiger partial charge in [0, 0.05) is 35.6 Å². The molecule has 1 atom stereocenters. The second-order valence-corrected chi connectivity index (χ2v) is 7.12. The second-order valence-electron chi connectivity index (χ2n) is 6.69. The Morgan fingerprint density at radius 2 is 2.23 bits per heavy atom. The van der Waals surface area contributed by atoms with Crippen molar-refractivity contribution in [3.8, 4) is 5.88 Å². The van der Waals surface area contributed by atoms with Crippen LogP contribution in [-0.4, -0.2) is 35.6 Å². The molecule has 7 heteroatoms. The van der Waals surface area contributed by atoms with Crippen LogP contribution in [0, 0.1) is 12.8 Å². The average molecular weight is 375 g/mol. The molecule has 0 saturated carbocycles. The van der Waals surface area contributed by atoms with E-state index in [-0.39, 0.29) is 12.5 Å². The fourth-order valence-corrected chi connectivity index (χ4v) is 3.20. The van der Waals surface area contributed by atoms with Crippen LogP contribution in [0.1, 0.15) is 25.5 Å². The molecule has 1 aliphatic rings. The number of aryl methyl sites for hydroxylation is 1. The second kappa shape index (κ2) is 8.36. The summed E-state index contributed by atoms with van der Waals surface area (Å²) in [5.41, 5.74) is 1.45. The van der Waals surface area contributed by atoms with Crippen molar-refractivity contribution in [1.29, 1.82) is 0 Å². The van der Waals surface area contributed by atoms with Crippen molar-refractivity contribution in [2.24, 2.45) is 5.92 Å². The molecule has 0 spiro atoms. The van der Waals surface area contributed by atoms with Crippen LogP contribution in [-0.2, 0) is 4.79 Å². The molecule has 2 aromatic rings. The van der Waals surface area contributed by atoms with Gasteiger partial charge in [0.1, 0.15) is 0 Å². The van der Waals surface area contributed by atoms with Crippen LogP contribution in [0.15, 0.2) is 30.3 Å². The molecular formula is C19H23ClN4O2. The highest BCUT2D eigenvalue weighted by Gasteiger charge is 2.19. The van der Waals surface area contributed by atoms with Crippen molar-refractivity contribution >= 4 is 29.1 Å². The summed E-state index contributed by atoms with van der Waals surface area (Å²) in [4.78, 5) is 23.3. The van der Waals surface area contributed by atoms with Crippen molar-refractivity contribution in [1.82, 2.24) is 9.97 Å². The Kier molecular flexibility index (Phi) is 5.93. The van der Waals surface area contributed by atoms with E-state index >= 15 is 0 Å². The van der Waals surface area contributed by atoms with Crippen LogP contribution in [0.4, 0.5) is 11.6 Å². The number of nitrogens with zero attached hydrogens (tertiary/aromatic N) is 3. The van der Waals surface area contributed by atoms with Crippen LogP contribution >= 0.6 is 11.6 Å². The minimum Gasteiger partial charge on any atom is -0.467 e. The maximum atomic E-state index is 12.1. The number of carbonyl (C=O) groups is 1. The van der Waals surface area contributed by atoms with Gasteiger partial charge in [-0.2, -0.15) is 4.98 Å². The Morgan fingerprint density at radius 3 is 3.00 bits per heavy atom. The van der Waals surface area contributed by atoms with Gasteiger partial charge in [-0.05, 0) is 43.9 Å². The molecule has 6 nitrogen and oxygen atoms in total. The Balaban J connectivity index is 1.61. The molecule has 2 heterocycles. The van der Waals surface area contributed by atoms with E-state index in [0.717, 1.165) is 25.2 Å². The third kappa shape index (κ3) is 5.08. The van der Waals surface area contributed by atoms with Gasteiger partial charge in [0.05, 0.1) is 0 Å². The molecule has 0 bridgehead atoms. The van der Waals surface area contributed by atoms with E-state index in [1.165, 1.54) is 6.42 Å². The number of aromatic nitrogens is 2. The minimum absolute atomic E-state index is 0.126. The zero-order chi connectivity index (χ0) is 18.5. The number of anilines is 2. The van der Waals surface area contributed by atoms with E-state index in [0.29, 0.717) is 28.5 Å². The first-order chi connectivity index (χ1) is 12.5. The monoisotopic (exact) mass is 374 g/mol.